The third-order valence-electron chi connectivity index (χ3n) is 1.91. The molecule has 1 aliphatic heterocycles. The highest BCUT2D eigenvalue weighted by Gasteiger charge is 2.25. The molecule has 1 amide bonds. The zero-order chi connectivity index (χ0) is 9.26. The van der Waals surface area contributed by atoms with Crippen LogP contribution in [0.1, 0.15) is 5.82 Å². The number of aryl methyl sites for hydroxylation is 1. The predicted molar refractivity (Wildman–Crippen MR) is 49.6 cm³/mol. The van der Waals surface area contributed by atoms with E-state index in [9.17, 15) is 4.79 Å². The molecular formula is C7H10N4OS. The first kappa shape index (κ1) is 8.58. The lowest BCUT2D eigenvalue weighted by molar-refractivity contribution is -0.121. The van der Waals surface area contributed by atoms with E-state index in [2.05, 4.69) is 20.0 Å². The largest absolute Gasteiger partial charge is 0.315 e. The van der Waals surface area contributed by atoms with Gasteiger partial charge < -0.3 is 10.6 Å². The number of carbonyl (C=O) groups is 1. The highest BCUT2D eigenvalue weighted by molar-refractivity contribution is 7.09. The lowest BCUT2D eigenvalue weighted by Gasteiger charge is -2.24. The molecule has 0 bridgehead atoms. The number of carbonyl (C=O) groups excluding carboxylic acids is 1. The summed E-state index contributed by atoms with van der Waals surface area (Å²) < 4.78 is 3.97. The van der Waals surface area contributed by atoms with Gasteiger partial charge in [-0.3, -0.25) is 4.79 Å². The summed E-state index contributed by atoms with van der Waals surface area (Å²) in [5.74, 6) is 0.839. The number of anilines is 1. The lowest BCUT2D eigenvalue weighted by atomic mass is 10.0. The summed E-state index contributed by atoms with van der Waals surface area (Å²) in [6, 6.07) is 0. The minimum Gasteiger partial charge on any atom is -0.315 e. The van der Waals surface area contributed by atoms with Crippen molar-refractivity contribution in [3.8, 4) is 0 Å². The summed E-state index contributed by atoms with van der Waals surface area (Å²) in [6.07, 6.45) is 0. The fourth-order valence-corrected chi connectivity index (χ4v) is 1.61. The zero-order valence-electron chi connectivity index (χ0n) is 7.20. The fraction of sp³-hybridized carbons (Fsp3) is 0.571. The van der Waals surface area contributed by atoms with Gasteiger partial charge in [0.1, 0.15) is 5.82 Å². The number of nitrogens with one attached hydrogen (secondary N) is 2. The molecule has 0 saturated carbocycles. The molecule has 13 heavy (non-hydrogen) atoms. The molecule has 5 nitrogen and oxygen atoms in total. The molecular weight excluding hydrogens is 188 g/mol. The van der Waals surface area contributed by atoms with Crippen molar-refractivity contribution in [1.29, 1.82) is 0 Å². The van der Waals surface area contributed by atoms with E-state index in [4.69, 9.17) is 0 Å². The van der Waals surface area contributed by atoms with E-state index in [-0.39, 0.29) is 11.8 Å². The van der Waals surface area contributed by atoms with Crippen molar-refractivity contribution in [2.24, 2.45) is 5.92 Å². The zero-order valence-corrected chi connectivity index (χ0v) is 8.02. The van der Waals surface area contributed by atoms with Gasteiger partial charge in [0.15, 0.2) is 0 Å². The Labute approximate surface area is 79.7 Å². The van der Waals surface area contributed by atoms with Crippen LogP contribution in [0, 0.1) is 12.8 Å². The number of amides is 1. The first-order valence-electron chi connectivity index (χ1n) is 4.07. The van der Waals surface area contributed by atoms with Crippen LogP contribution in [0.15, 0.2) is 0 Å². The van der Waals surface area contributed by atoms with Gasteiger partial charge in [-0.2, -0.15) is 4.37 Å². The van der Waals surface area contributed by atoms with Gasteiger partial charge in [-0.1, -0.05) is 0 Å². The summed E-state index contributed by atoms with van der Waals surface area (Å²) in [5.41, 5.74) is 0. The molecule has 0 aliphatic carbocycles. The highest BCUT2D eigenvalue weighted by Crippen LogP contribution is 2.12. The summed E-state index contributed by atoms with van der Waals surface area (Å²) in [5, 5.41) is 6.36. The standard InChI is InChI=1S/C7H10N4OS/c1-4-9-7(13-11-4)10-6(12)5-2-8-3-5/h5,8H,2-3H2,1H3,(H,9,10,11,12). The highest BCUT2D eigenvalue weighted by atomic mass is 32.1. The van der Waals surface area contributed by atoms with Gasteiger partial charge in [0.2, 0.25) is 11.0 Å². The molecule has 0 aromatic carbocycles. The molecule has 1 aromatic heterocycles. The number of hydrogen-bond acceptors (Lipinski definition) is 5. The SMILES string of the molecule is Cc1nsc(NC(=O)C2CNC2)n1. The van der Waals surface area contributed by atoms with Crippen molar-refractivity contribution in [1.82, 2.24) is 14.7 Å². The van der Waals surface area contributed by atoms with Crippen LogP contribution < -0.4 is 10.6 Å². The van der Waals surface area contributed by atoms with Crippen molar-refractivity contribution >= 4 is 22.6 Å². The van der Waals surface area contributed by atoms with Crippen molar-refractivity contribution in [2.75, 3.05) is 18.4 Å². The third-order valence-corrected chi connectivity index (χ3v) is 2.63. The Morgan fingerprint density at radius 3 is 2.92 bits per heavy atom. The van der Waals surface area contributed by atoms with Gasteiger partial charge in [-0.05, 0) is 6.92 Å². The van der Waals surface area contributed by atoms with E-state index < -0.39 is 0 Å². The first-order chi connectivity index (χ1) is 6.25. The monoisotopic (exact) mass is 198 g/mol. The Balaban J connectivity index is 1.93. The predicted octanol–water partition coefficient (Wildman–Crippen LogP) is 0.00442. The first-order valence-corrected chi connectivity index (χ1v) is 4.85. The molecule has 0 atom stereocenters. The van der Waals surface area contributed by atoms with Crippen molar-refractivity contribution < 1.29 is 4.79 Å². The lowest BCUT2D eigenvalue weighted by Crippen LogP contribution is -2.48. The maximum Gasteiger partial charge on any atom is 0.231 e. The van der Waals surface area contributed by atoms with E-state index in [1.54, 1.807) is 6.92 Å². The van der Waals surface area contributed by atoms with Crippen LogP contribution in [0.3, 0.4) is 0 Å². The third kappa shape index (κ3) is 1.84. The molecule has 0 unspecified atom stereocenters. The van der Waals surface area contributed by atoms with Gasteiger partial charge in [0, 0.05) is 24.6 Å². The van der Waals surface area contributed by atoms with Crippen molar-refractivity contribution in [3.05, 3.63) is 5.82 Å². The molecule has 70 valence electrons. The average molecular weight is 198 g/mol. The molecule has 1 aliphatic rings. The molecule has 2 N–H and O–H groups in total. The molecule has 0 radical (unpaired) electrons. The van der Waals surface area contributed by atoms with E-state index in [1.807, 2.05) is 0 Å². The van der Waals surface area contributed by atoms with Crippen LogP contribution in [0.4, 0.5) is 5.13 Å². The maximum absolute atomic E-state index is 11.4. The summed E-state index contributed by atoms with van der Waals surface area (Å²) in [7, 11) is 0. The quantitative estimate of drug-likeness (QED) is 0.702. The van der Waals surface area contributed by atoms with Gasteiger partial charge in [-0.25, -0.2) is 4.98 Å². The van der Waals surface area contributed by atoms with Gasteiger partial charge in [-0.15, -0.1) is 0 Å². The minimum absolute atomic E-state index is 0.0369. The van der Waals surface area contributed by atoms with E-state index in [1.165, 1.54) is 11.5 Å². The van der Waals surface area contributed by atoms with E-state index in [0.717, 1.165) is 13.1 Å². The molecule has 1 saturated heterocycles. The van der Waals surface area contributed by atoms with Crippen LogP contribution in [0.5, 0.6) is 0 Å². The van der Waals surface area contributed by atoms with Crippen LogP contribution in [-0.2, 0) is 4.79 Å². The minimum atomic E-state index is 0.0369. The van der Waals surface area contributed by atoms with Crippen LogP contribution in [-0.4, -0.2) is 28.4 Å². The molecule has 6 heteroatoms. The normalized spacial score (nSPS) is 16.7. The average Bonchev–Trinajstić information content (AvgIpc) is 2.31. The maximum atomic E-state index is 11.4. The Morgan fingerprint density at radius 2 is 2.46 bits per heavy atom. The topological polar surface area (TPSA) is 66.9 Å². The van der Waals surface area contributed by atoms with Crippen molar-refractivity contribution in [2.45, 2.75) is 6.92 Å². The summed E-state index contributed by atoms with van der Waals surface area (Å²) in [6.45, 7) is 3.34. The van der Waals surface area contributed by atoms with Gasteiger partial charge in [0.25, 0.3) is 0 Å². The summed E-state index contributed by atoms with van der Waals surface area (Å²) >= 11 is 1.22. The van der Waals surface area contributed by atoms with E-state index >= 15 is 0 Å². The number of aromatic nitrogens is 2. The second-order valence-corrected chi connectivity index (χ2v) is 3.74. The smallest absolute Gasteiger partial charge is 0.231 e. The van der Waals surface area contributed by atoms with Crippen molar-refractivity contribution in [3.63, 3.8) is 0 Å². The van der Waals surface area contributed by atoms with Gasteiger partial charge >= 0.3 is 0 Å². The molecule has 2 heterocycles. The molecule has 2 rings (SSSR count). The second kappa shape index (κ2) is 3.39. The number of rotatable bonds is 2. The number of hydrogen-bond donors (Lipinski definition) is 2. The van der Waals surface area contributed by atoms with Crippen LogP contribution in [0.25, 0.3) is 0 Å². The Kier molecular flexibility index (Phi) is 2.24. The van der Waals surface area contributed by atoms with E-state index in [0.29, 0.717) is 11.0 Å². The Hall–Kier alpha value is -1.01. The Bertz CT molecular complexity index is 320. The molecule has 0 spiro atoms. The van der Waals surface area contributed by atoms with Crippen LogP contribution >= 0.6 is 11.5 Å². The van der Waals surface area contributed by atoms with Gasteiger partial charge in [0.05, 0.1) is 5.92 Å². The van der Waals surface area contributed by atoms with Crippen LogP contribution in [0.2, 0.25) is 0 Å². The second-order valence-electron chi connectivity index (χ2n) is 2.99. The Morgan fingerprint density at radius 1 is 1.69 bits per heavy atom. The molecule has 1 fully saturated rings. The number of nitrogens with zero attached hydrogens (tertiary/aromatic N) is 2. The summed E-state index contributed by atoms with van der Waals surface area (Å²) in [4.78, 5) is 15.4. The fourth-order valence-electron chi connectivity index (χ4n) is 1.03. The molecule has 1 aromatic rings.